The number of benzene rings is 2. The Hall–Kier alpha value is -3.08. The molecule has 1 aliphatic heterocycles. The summed E-state index contributed by atoms with van der Waals surface area (Å²) in [4.78, 5) is 24.3. The number of ether oxygens (including phenoxy) is 2. The van der Waals surface area contributed by atoms with Gasteiger partial charge in [0.2, 0.25) is 0 Å². The van der Waals surface area contributed by atoms with Crippen LogP contribution in [0.4, 0.5) is 0 Å². The molecule has 1 aromatic heterocycles. The number of carbonyl (C=O) groups is 2. The predicted octanol–water partition coefficient (Wildman–Crippen LogP) is 4.03. The lowest BCUT2D eigenvalue weighted by Gasteiger charge is -2.29. The molecule has 3 aromatic rings. The summed E-state index contributed by atoms with van der Waals surface area (Å²) in [5.41, 5.74) is 2.93. The number of esters is 2. The van der Waals surface area contributed by atoms with Crippen molar-refractivity contribution in [2.45, 2.75) is 33.1 Å². The second kappa shape index (κ2) is 5.73. The number of rotatable bonds is 2. The molecule has 132 valence electrons. The minimum atomic E-state index is -1.23. The molecule has 0 aliphatic carbocycles. The summed E-state index contributed by atoms with van der Waals surface area (Å²) in [6, 6.07) is 14.1. The highest BCUT2D eigenvalue weighted by molar-refractivity contribution is 6.19. The van der Waals surface area contributed by atoms with Gasteiger partial charge in [-0.1, -0.05) is 24.3 Å². The maximum absolute atomic E-state index is 12.2. The summed E-state index contributed by atoms with van der Waals surface area (Å²) in [7, 11) is 0. The number of fused-ring (bicyclic) bond motifs is 3. The van der Waals surface area contributed by atoms with Crippen LogP contribution in [0, 0.1) is 0 Å². The van der Waals surface area contributed by atoms with E-state index in [2.05, 4.69) is 23.6 Å². The van der Waals surface area contributed by atoms with Crippen molar-refractivity contribution in [3.8, 4) is 0 Å². The van der Waals surface area contributed by atoms with Gasteiger partial charge in [-0.15, -0.1) is 0 Å². The topological polar surface area (TPSA) is 57.5 Å². The molecule has 0 unspecified atom stereocenters. The minimum Gasteiger partial charge on any atom is -0.419 e. The van der Waals surface area contributed by atoms with Crippen molar-refractivity contribution in [2.24, 2.45) is 0 Å². The molecule has 0 radical (unpaired) electrons. The van der Waals surface area contributed by atoms with Gasteiger partial charge in [-0.05, 0) is 36.8 Å². The molecule has 4 rings (SSSR count). The normalized spacial score (nSPS) is 16.7. The first-order valence-corrected chi connectivity index (χ1v) is 8.59. The maximum atomic E-state index is 12.2. The zero-order valence-corrected chi connectivity index (χ0v) is 14.9. The second-order valence-corrected chi connectivity index (χ2v) is 6.77. The van der Waals surface area contributed by atoms with Gasteiger partial charge in [0.25, 0.3) is 5.79 Å². The summed E-state index contributed by atoms with van der Waals surface area (Å²) >= 11 is 0. The summed E-state index contributed by atoms with van der Waals surface area (Å²) in [6.45, 7) is 6.03. The van der Waals surface area contributed by atoms with Crippen LogP contribution < -0.4 is 0 Å². The Morgan fingerprint density at radius 1 is 0.962 bits per heavy atom. The molecule has 0 bridgehead atoms. The van der Waals surface area contributed by atoms with Crippen LogP contribution in [0.5, 0.6) is 0 Å². The van der Waals surface area contributed by atoms with Gasteiger partial charge < -0.3 is 14.0 Å². The smallest absolute Gasteiger partial charge is 0.348 e. The summed E-state index contributed by atoms with van der Waals surface area (Å²) in [5.74, 6) is -2.56. The van der Waals surface area contributed by atoms with E-state index in [0.29, 0.717) is 0 Å². The molecule has 0 N–H and O–H groups in total. The minimum absolute atomic E-state index is 0.0945. The Balaban J connectivity index is 1.85. The van der Waals surface area contributed by atoms with Crippen LogP contribution in [-0.4, -0.2) is 22.3 Å². The molecule has 5 nitrogen and oxygen atoms in total. The van der Waals surface area contributed by atoms with Crippen LogP contribution in [0.1, 0.15) is 26.3 Å². The van der Waals surface area contributed by atoms with E-state index in [0.717, 1.165) is 33.9 Å². The quantitative estimate of drug-likeness (QED) is 0.398. The van der Waals surface area contributed by atoms with Crippen LogP contribution in [-0.2, 0) is 25.6 Å². The fraction of sp³-hybridized carbons (Fsp3) is 0.238. The number of aryl methyl sites for hydroxylation is 1. The fourth-order valence-electron chi connectivity index (χ4n) is 3.45. The number of carbonyl (C=O) groups excluding carboxylic acids is 2. The largest absolute Gasteiger partial charge is 0.419 e. The number of hydrogen-bond donors (Lipinski definition) is 0. The van der Waals surface area contributed by atoms with Crippen molar-refractivity contribution in [3.63, 3.8) is 0 Å². The first-order valence-electron chi connectivity index (χ1n) is 8.59. The van der Waals surface area contributed by atoms with Gasteiger partial charge in [-0.2, -0.15) is 0 Å². The molecule has 1 saturated heterocycles. The maximum Gasteiger partial charge on any atom is 0.348 e. The monoisotopic (exact) mass is 349 g/mol. The lowest BCUT2D eigenvalue weighted by molar-refractivity contribution is -0.222. The molecular formula is C21H19NO4. The molecule has 1 aliphatic rings. The van der Waals surface area contributed by atoms with Gasteiger partial charge in [0, 0.05) is 42.2 Å². The van der Waals surface area contributed by atoms with Gasteiger partial charge in [0.1, 0.15) is 5.57 Å². The van der Waals surface area contributed by atoms with E-state index in [-0.39, 0.29) is 5.57 Å². The van der Waals surface area contributed by atoms with Crippen molar-refractivity contribution >= 4 is 39.8 Å². The van der Waals surface area contributed by atoms with Crippen LogP contribution in [0.2, 0.25) is 0 Å². The number of hydrogen-bond acceptors (Lipinski definition) is 4. The highest BCUT2D eigenvalue weighted by Crippen LogP contribution is 2.31. The van der Waals surface area contributed by atoms with E-state index >= 15 is 0 Å². The Kier molecular flexibility index (Phi) is 3.61. The third kappa shape index (κ3) is 2.56. The average Bonchev–Trinajstić information content (AvgIpc) is 2.90. The zero-order valence-electron chi connectivity index (χ0n) is 14.9. The lowest BCUT2D eigenvalue weighted by Crippen LogP contribution is -2.41. The molecule has 2 heterocycles. The van der Waals surface area contributed by atoms with Gasteiger partial charge in [0.15, 0.2) is 0 Å². The van der Waals surface area contributed by atoms with E-state index in [1.165, 1.54) is 19.9 Å². The molecule has 2 aromatic carbocycles. The van der Waals surface area contributed by atoms with Crippen molar-refractivity contribution < 1.29 is 19.1 Å². The first-order chi connectivity index (χ1) is 12.4. The highest BCUT2D eigenvalue weighted by atomic mass is 16.7. The van der Waals surface area contributed by atoms with Crippen molar-refractivity contribution in [1.29, 1.82) is 0 Å². The van der Waals surface area contributed by atoms with Crippen molar-refractivity contribution in [2.75, 3.05) is 0 Å². The second-order valence-electron chi connectivity index (χ2n) is 6.77. The van der Waals surface area contributed by atoms with Gasteiger partial charge >= 0.3 is 11.9 Å². The number of nitrogens with zero attached hydrogens (tertiary/aromatic N) is 1. The van der Waals surface area contributed by atoms with E-state index in [1.807, 2.05) is 30.3 Å². The third-order valence-corrected chi connectivity index (χ3v) is 4.54. The summed E-state index contributed by atoms with van der Waals surface area (Å²) in [6.07, 6.45) is 1.53. The Bertz CT molecular complexity index is 1070. The van der Waals surface area contributed by atoms with Crippen LogP contribution in [0.25, 0.3) is 27.9 Å². The summed E-state index contributed by atoms with van der Waals surface area (Å²) in [5, 5.41) is 2.22. The van der Waals surface area contributed by atoms with E-state index in [1.54, 1.807) is 0 Å². The van der Waals surface area contributed by atoms with Crippen molar-refractivity contribution in [1.82, 2.24) is 4.57 Å². The highest BCUT2D eigenvalue weighted by Gasteiger charge is 2.38. The SMILES string of the molecule is CCn1c2ccccc2c2cc(C=C3C(=O)OC(C)(C)OC3=O)ccc21. The molecule has 5 heteroatoms. The van der Waals surface area contributed by atoms with Crippen LogP contribution >= 0.6 is 0 Å². The van der Waals surface area contributed by atoms with Gasteiger partial charge in [-0.25, -0.2) is 9.59 Å². The zero-order chi connectivity index (χ0) is 18.5. The molecule has 0 spiro atoms. The Morgan fingerprint density at radius 2 is 1.62 bits per heavy atom. The fourth-order valence-corrected chi connectivity index (χ4v) is 3.45. The van der Waals surface area contributed by atoms with E-state index in [9.17, 15) is 9.59 Å². The van der Waals surface area contributed by atoms with Gasteiger partial charge in [-0.3, -0.25) is 0 Å². The lowest BCUT2D eigenvalue weighted by atomic mass is 10.1. The Labute approximate surface area is 150 Å². The number of cyclic esters (lactones) is 2. The standard InChI is InChI=1S/C21H19NO4/c1-4-22-17-8-6-5-7-14(17)15-11-13(9-10-18(15)22)12-16-19(23)25-21(2,3)26-20(16)24/h5-12H,4H2,1-3H3. The molecule has 0 amide bonds. The molecular weight excluding hydrogens is 330 g/mol. The average molecular weight is 349 g/mol. The first kappa shape index (κ1) is 16.4. The molecule has 0 saturated carbocycles. The van der Waals surface area contributed by atoms with E-state index in [4.69, 9.17) is 9.47 Å². The van der Waals surface area contributed by atoms with Crippen molar-refractivity contribution in [3.05, 3.63) is 53.6 Å². The predicted molar refractivity (Wildman–Crippen MR) is 99.4 cm³/mol. The molecule has 0 atom stereocenters. The van der Waals surface area contributed by atoms with Crippen LogP contribution in [0.3, 0.4) is 0 Å². The Morgan fingerprint density at radius 3 is 2.31 bits per heavy atom. The van der Waals surface area contributed by atoms with Gasteiger partial charge in [0.05, 0.1) is 0 Å². The van der Waals surface area contributed by atoms with E-state index < -0.39 is 17.7 Å². The van der Waals surface area contributed by atoms with Crippen LogP contribution in [0.15, 0.2) is 48.0 Å². The third-order valence-electron chi connectivity index (χ3n) is 4.54. The molecule has 26 heavy (non-hydrogen) atoms. The summed E-state index contributed by atoms with van der Waals surface area (Å²) < 4.78 is 12.6. The number of para-hydroxylation sites is 1. The number of aromatic nitrogens is 1. The molecule has 1 fully saturated rings.